The Kier molecular flexibility index (Phi) is 8.99. The maximum Gasteiger partial charge on any atom is 0.423 e. The highest BCUT2D eigenvalue weighted by molar-refractivity contribution is 6.30. The number of piperazine rings is 1. The number of nitro groups is 1. The Morgan fingerprint density at radius 1 is 1.00 bits per heavy atom. The van der Waals surface area contributed by atoms with E-state index in [1.807, 2.05) is 18.2 Å². The number of hydrogen-bond acceptors (Lipinski definition) is 6. The smallest absolute Gasteiger partial charge is 0.371 e. The van der Waals surface area contributed by atoms with Crippen LogP contribution in [-0.2, 0) is 11.0 Å². The summed E-state index contributed by atoms with van der Waals surface area (Å²) in [7, 11) is 0. The van der Waals surface area contributed by atoms with E-state index in [2.05, 4.69) is 21.2 Å². The van der Waals surface area contributed by atoms with Gasteiger partial charge in [-0.15, -0.1) is 0 Å². The van der Waals surface area contributed by atoms with Gasteiger partial charge in [-0.3, -0.25) is 19.8 Å². The van der Waals surface area contributed by atoms with Gasteiger partial charge in [0.15, 0.2) is 0 Å². The second-order valence-corrected chi connectivity index (χ2v) is 10.1. The van der Waals surface area contributed by atoms with Crippen molar-refractivity contribution in [3.05, 3.63) is 63.2 Å². The molecule has 1 amide bonds. The van der Waals surface area contributed by atoms with Crippen molar-refractivity contribution in [1.82, 2.24) is 10.2 Å². The van der Waals surface area contributed by atoms with E-state index in [-0.39, 0.29) is 11.9 Å². The van der Waals surface area contributed by atoms with Gasteiger partial charge in [0.2, 0.25) is 5.91 Å². The van der Waals surface area contributed by atoms with Crippen molar-refractivity contribution in [1.29, 1.82) is 0 Å². The fourth-order valence-corrected chi connectivity index (χ4v) is 5.24. The van der Waals surface area contributed by atoms with E-state index < -0.39 is 22.4 Å². The molecule has 2 aliphatic heterocycles. The first-order valence-electron chi connectivity index (χ1n) is 12.7. The summed E-state index contributed by atoms with van der Waals surface area (Å²) in [6, 6.07) is 10.9. The summed E-state index contributed by atoms with van der Waals surface area (Å²) in [5.74, 6) is -0.0179. The molecule has 8 nitrogen and oxygen atoms in total. The number of nitrogens with zero attached hydrogens (tertiary/aromatic N) is 4. The van der Waals surface area contributed by atoms with Crippen LogP contribution in [0.3, 0.4) is 0 Å². The van der Waals surface area contributed by atoms with Gasteiger partial charge in [-0.25, -0.2) is 0 Å². The lowest BCUT2D eigenvalue weighted by Gasteiger charge is -2.36. The molecule has 4 rings (SSSR count). The van der Waals surface area contributed by atoms with E-state index >= 15 is 0 Å². The average Bonchev–Trinajstić information content (AvgIpc) is 2.88. The van der Waals surface area contributed by atoms with Crippen molar-refractivity contribution in [2.45, 2.75) is 37.9 Å². The SMILES string of the molecule is O=C(CCCN1CCN(c2cccc(Cl)c2)CC1)NC1CCN(c2ccc([N+](=O)[O-])c(C(F)(F)F)c2)CC1. The van der Waals surface area contributed by atoms with Crippen molar-refractivity contribution in [3.63, 3.8) is 0 Å². The quantitative estimate of drug-likeness (QED) is 0.368. The summed E-state index contributed by atoms with van der Waals surface area (Å²) in [5, 5.41) is 14.8. The van der Waals surface area contributed by atoms with Crippen molar-refractivity contribution in [2.24, 2.45) is 0 Å². The molecule has 38 heavy (non-hydrogen) atoms. The number of anilines is 2. The minimum Gasteiger partial charge on any atom is -0.371 e. The van der Waals surface area contributed by atoms with Crippen LogP contribution in [0, 0.1) is 10.1 Å². The zero-order valence-corrected chi connectivity index (χ0v) is 21.7. The van der Waals surface area contributed by atoms with Crippen LogP contribution in [0.25, 0.3) is 0 Å². The lowest BCUT2D eigenvalue weighted by molar-refractivity contribution is -0.388. The molecule has 2 aliphatic rings. The summed E-state index contributed by atoms with van der Waals surface area (Å²) >= 11 is 6.10. The van der Waals surface area contributed by atoms with E-state index in [4.69, 9.17) is 11.6 Å². The molecule has 0 aliphatic carbocycles. The molecule has 0 atom stereocenters. The number of piperidine rings is 1. The number of carbonyl (C=O) groups excluding carboxylic acids is 1. The number of alkyl halides is 3. The molecular formula is C26H31ClF3N5O3. The number of nitrogens with one attached hydrogen (secondary N) is 1. The second kappa shape index (κ2) is 12.2. The van der Waals surface area contributed by atoms with E-state index in [0.717, 1.165) is 62.0 Å². The van der Waals surface area contributed by atoms with Crippen molar-refractivity contribution < 1.29 is 22.9 Å². The van der Waals surface area contributed by atoms with Crippen LogP contribution in [0.15, 0.2) is 42.5 Å². The van der Waals surface area contributed by atoms with Gasteiger partial charge in [-0.1, -0.05) is 17.7 Å². The van der Waals surface area contributed by atoms with E-state index in [0.29, 0.717) is 38.0 Å². The van der Waals surface area contributed by atoms with Crippen LogP contribution < -0.4 is 15.1 Å². The molecule has 206 valence electrons. The molecule has 2 heterocycles. The lowest BCUT2D eigenvalue weighted by Crippen LogP contribution is -2.47. The molecular weight excluding hydrogens is 523 g/mol. The number of benzene rings is 2. The van der Waals surface area contributed by atoms with Gasteiger partial charge in [0.1, 0.15) is 5.56 Å². The van der Waals surface area contributed by atoms with Gasteiger partial charge in [0.05, 0.1) is 4.92 Å². The molecule has 2 aromatic rings. The lowest BCUT2D eigenvalue weighted by atomic mass is 10.0. The zero-order chi connectivity index (χ0) is 27.3. The second-order valence-electron chi connectivity index (χ2n) is 9.70. The fourth-order valence-electron chi connectivity index (χ4n) is 5.05. The molecule has 0 aromatic heterocycles. The first-order valence-corrected chi connectivity index (χ1v) is 13.1. The third kappa shape index (κ3) is 7.28. The van der Waals surface area contributed by atoms with E-state index in [1.54, 1.807) is 4.90 Å². The monoisotopic (exact) mass is 553 g/mol. The third-order valence-corrected chi connectivity index (χ3v) is 7.37. The molecule has 12 heteroatoms. The Morgan fingerprint density at radius 3 is 2.29 bits per heavy atom. The topological polar surface area (TPSA) is 82.0 Å². The standard InChI is InChI=1S/C26H31ClF3N5O3/c27-19-3-1-4-21(17-19)34-15-13-32(14-16-34)10-2-5-25(36)31-20-8-11-33(12-9-20)22-6-7-24(35(37)38)23(18-22)26(28,29)30/h1,3-4,6-7,17-18,20H,2,5,8-16H2,(H,31,36). The van der Waals surface area contributed by atoms with Gasteiger partial charge in [-0.2, -0.15) is 13.2 Å². The van der Waals surface area contributed by atoms with Crippen molar-refractivity contribution in [2.75, 3.05) is 55.6 Å². The van der Waals surface area contributed by atoms with E-state index in [1.165, 1.54) is 6.07 Å². The fraction of sp³-hybridized carbons (Fsp3) is 0.500. The highest BCUT2D eigenvalue weighted by Gasteiger charge is 2.39. The van der Waals surface area contributed by atoms with Gasteiger partial charge < -0.3 is 15.1 Å². The molecule has 0 spiro atoms. The zero-order valence-electron chi connectivity index (χ0n) is 20.9. The van der Waals surface area contributed by atoms with Crippen LogP contribution >= 0.6 is 11.6 Å². The van der Waals surface area contributed by atoms with Crippen LogP contribution in [0.1, 0.15) is 31.2 Å². The van der Waals surface area contributed by atoms with Gasteiger partial charge in [-0.05, 0) is 56.1 Å². The Morgan fingerprint density at radius 2 is 1.66 bits per heavy atom. The highest BCUT2D eigenvalue weighted by Crippen LogP contribution is 2.38. The van der Waals surface area contributed by atoms with E-state index in [9.17, 15) is 28.1 Å². The Bertz CT molecular complexity index is 1130. The number of amides is 1. The number of halogens is 4. The van der Waals surface area contributed by atoms with Gasteiger partial charge >= 0.3 is 6.18 Å². The normalized spacial score (nSPS) is 17.5. The summed E-state index contributed by atoms with van der Waals surface area (Å²) in [6.07, 6.45) is -2.45. The van der Waals surface area contributed by atoms with Crippen molar-refractivity contribution >= 4 is 34.6 Å². The largest absolute Gasteiger partial charge is 0.423 e. The van der Waals surface area contributed by atoms with Crippen LogP contribution in [0.5, 0.6) is 0 Å². The Hall–Kier alpha value is -3.05. The van der Waals surface area contributed by atoms with Crippen LogP contribution in [0.2, 0.25) is 5.02 Å². The van der Waals surface area contributed by atoms with Crippen LogP contribution in [-0.4, -0.2) is 67.6 Å². The molecule has 2 saturated heterocycles. The minimum atomic E-state index is -4.81. The summed E-state index contributed by atoms with van der Waals surface area (Å²) in [6.45, 7) is 5.41. The van der Waals surface area contributed by atoms with Crippen LogP contribution in [0.4, 0.5) is 30.2 Å². The first-order chi connectivity index (χ1) is 18.1. The average molecular weight is 554 g/mol. The first kappa shape index (κ1) is 28.0. The molecule has 2 aromatic carbocycles. The minimum absolute atomic E-state index is 0.0179. The van der Waals surface area contributed by atoms with Crippen molar-refractivity contribution in [3.8, 4) is 0 Å². The number of nitro benzene ring substituents is 1. The molecule has 0 saturated carbocycles. The highest BCUT2D eigenvalue weighted by atomic mass is 35.5. The Labute approximate surface area is 224 Å². The predicted octanol–water partition coefficient (Wildman–Crippen LogP) is 4.95. The maximum atomic E-state index is 13.3. The maximum absolute atomic E-state index is 13.3. The molecule has 0 radical (unpaired) electrons. The number of rotatable bonds is 8. The predicted molar refractivity (Wildman–Crippen MR) is 141 cm³/mol. The van der Waals surface area contributed by atoms with Gasteiger partial charge in [0.25, 0.3) is 5.69 Å². The molecule has 0 unspecified atom stereocenters. The summed E-state index contributed by atoms with van der Waals surface area (Å²) in [5.41, 5.74) is -0.784. The third-order valence-electron chi connectivity index (χ3n) is 7.13. The number of hydrogen-bond donors (Lipinski definition) is 1. The summed E-state index contributed by atoms with van der Waals surface area (Å²) in [4.78, 5) is 28.9. The molecule has 1 N–H and O–H groups in total. The molecule has 0 bridgehead atoms. The number of carbonyl (C=O) groups is 1. The molecule has 2 fully saturated rings. The Balaban J connectivity index is 1.17. The summed E-state index contributed by atoms with van der Waals surface area (Å²) < 4.78 is 39.9. The van der Waals surface area contributed by atoms with Gasteiger partial charge in [0, 0.05) is 74.2 Å².